The number of hydrogen-bond acceptors (Lipinski definition) is 6. The van der Waals surface area contributed by atoms with Gasteiger partial charge in [0.15, 0.2) is 6.10 Å². The van der Waals surface area contributed by atoms with Crippen LogP contribution in [0, 0.1) is 11.2 Å². The minimum atomic E-state index is -1.21. The first-order valence-corrected chi connectivity index (χ1v) is 13.6. The van der Waals surface area contributed by atoms with E-state index in [9.17, 15) is 23.6 Å². The van der Waals surface area contributed by atoms with E-state index >= 15 is 0 Å². The van der Waals surface area contributed by atoms with Gasteiger partial charge in [-0.1, -0.05) is 26.8 Å². The molecule has 0 saturated heterocycles. The number of imidazole rings is 1. The number of halogens is 1. The molecular formula is C30H39FN6O5. The van der Waals surface area contributed by atoms with Crippen LogP contribution in [0.25, 0.3) is 11.0 Å². The lowest BCUT2D eigenvalue weighted by Crippen LogP contribution is -2.37. The maximum Gasteiger partial charge on any atom is 0.410 e. The number of nitrogens with zero attached hydrogens (tertiary/aromatic N) is 5. The van der Waals surface area contributed by atoms with E-state index in [1.54, 1.807) is 38.5 Å². The van der Waals surface area contributed by atoms with Crippen molar-refractivity contribution in [3.8, 4) is 0 Å². The molecular weight excluding hydrogens is 543 g/mol. The highest BCUT2D eigenvalue weighted by atomic mass is 19.1. The van der Waals surface area contributed by atoms with Crippen LogP contribution in [-0.2, 0) is 27.4 Å². The van der Waals surface area contributed by atoms with E-state index in [0.717, 1.165) is 5.52 Å². The second kappa shape index (κ2) is 13.5. The summed E-state index contributed by atoms with van der Waals surface area (Å²) in [6, 6.07) is 7.49. The van der Waals surface area contributed by atoms with Crippen molar-refractivity contribution in [1.82, 2.24) is 23.9 Å². The SMILES string of the molecule is CN(C)C(=O)C=CCCC(OC(=O)N(C)C)C(=O)Nc1cccn(Cc2nc3cc(F)ccc3n2CC(C)(C)C)c1=O. The molecule has 1 unspecified atom stereocenters. The van der Waals surface area contributed by atoms with E-state index in [1.807, 2.05) is 4.57 Å². The lowest BCUT2D eigenvalue weighted by molar-refractivity contribution is -0.125. The van der Waals surface area contributed by atoms with Gasteiger partial charge in [-0.15, -0.1) is 0 Å². The molecule has 0 aliphatic carbocycles. The number of aromatic nitrogens is 3. The molecule has 0 aliphatic rings. The quantitative estimate of drug-likeness (QED) is 0.363. The third kappa shape index (κ3) is 8.51. The summed E-state index contributed by atoms with van der Waals surface area (Å²) in [5.41, 5.74) is 0.632. The number of allylic oxidation sites excluding steroid dienone is 1. The zero-order valence-electron chi connectivity index (χ0n) is 25.2. The molecule has 0 spiro atoms. The molecule has 0 fully saturated rings. The Kier molecular flexibility index (Phi) is 10.3. The highest BCUT2D eigenvalue weighted by Gasteiger charge is 2.25. The Morgan fingerprint density at radius 2 is 1.83 bits per heavy atom. The summed E-state index contributed by atoms with van der Waals surface area (Å²) in [5.74, 6) is -0.733. The van der Waals surface area contributed by atoms with Crippen molar-refractivity contribution in [3.63, 3.8) is 0 Å². The van der Waals surface area contributed by atoms with Gasteiger partial charge in [-0.3, -0.25) is 14.4 Å². The molecule has 1 N–H and O–H groups in total. The van der Waals surface area contributed by atoms with E-state index in [1.165, 1.54) is 52.7 Å². The number of likely N-dealkylation sites (N-methyl/N-ethyl adjacent to an activating group) is 1. The third-order valence-corrected chi connectivity index (χ3v) is 6.21. The van der Waals surface area contributed by atoms with E-state index in [-0.39, 0.29) is 36.4 Å². The van der Waals surface area contributed by atoms with Crippen molar-refractivity contribution in [3.05, 3.63) is 70.7 Å². The van der Waals surface area contributed by atoms with E-state index < -0.39 is 29.5 Å². The van der Waals surface area contributed by atoms with Gasteiger partial charge >= 0.3 is 6.09 Å². The summed E-state index contributed by atoms with van der Waals surface area (Å²) in [7, 11) is 6.22. The number of anilines is 1. The maximum absolute atomic E-state index is 13.9. The van der Waals surface area contributed by atoms with Crippen molar-refractivity contribution in [2.45, 2.75) is 52.8 Å². The van der Waals surface area contributed by atoms with Gasteiger partial charge in [0.25, 0.3) is 11.5 Å². The molecule has 1 aromatic carbocycles. The normalized spacial score (nSPS) is 12.4. The van der Waals surface area contributed by atoms with Crippen molar-refractivity contribution in [1.29, 1.82) is 0 Å². The minimum absolute atomic E-state index is 0.00347. The largest absolute Gasteiger partial charge is 0.436 e. The van der Waals surface area contributed by atoms with E-state index in [2.05, 4.69) is 31.1 Å². The summed E-state index contributed by atoms with van der Waals surface area (Å²) in [6.45, 7) is 6.89. The maximum atomic E-state index is 13.9. The lowest BCUT2D eigenvalue weighted by atomic mass is 9.96. The van der Waals surface area contributed by atoms with Crippen molar-refractivity contribution in [2.24, 2.45) is 5.41 Å². The van der Waals surface area contributed by atoms with Crippen LogP contribution in [0.2, 0.25) is 0 Å². The van der Waals surface area contributed by atoms with Gasteiger partial charge in [-0.2, -0.15) is 0 Å². The van der Waals surface area contributed by atoms with Crippen LogP contribution in [-0.4, -0.2) is 76.1 Å². The molecule has 3 amide bonds. The number of carbonyl (C=O) groups excluding carboxylic acids is 3. The van der Waals surface area contributed by atoms with Crippen molar-refractivity contribution in [2.75, 3.05) is 33.5 Å². The van der Waals surface area contributed by atoms with Crippen molar-refractivity contribution >= 4 is 34.6 Å². The Balaban J connectivity index is 1.85. The van der Waals surface area contributed by atoms with Gasteiger partial charge in [0, 0.05) is 47.0 Å². The minimum Gasteiger partial charge on any atom is -0.436 e. The van der Waals surface area contributed by atoms with E-state index in [4.69, 9.17) is 4.74 Å². The molecule has 3 aromatic rings. The first kappa shape index (κ1) is 32.0. The second-order valence-corrected chi connectivity index (χ2v) is 11.6. The number of benzene rings is 1. The molecule has 226 valence electrons. The molecule has 2 heterocycles. The molecule has 12 heteroatoms. The smallest absolute Gasteiger partial charge is 0.410 e. The van der Waals surface area contributed by atoms with Gasteiger partial charge in [0.2, 0.25) is 5.91 Å². The number of pyridine rings is 1. The Hall–Kier alpha value is -4.48. The van der Waals surface area contributed by atoms with Crippen LogP contribution in [0.1, 0.15) is 39.4 Å². The summed E-state index contributed by atoms with van der Waals surface area (Å²) >= 11 is 0. The molecule has 2 aromatic heterocycles. The summed E-state index contributed by atoms with van der Waals surface area (Å²) in [6.07, 6.45) is 2.99. The fourth-order valence-corrected chi connectivity index (χ4v) is 4.10. The molecule has 1 atom stereocenters. The van der Waals surface area contributed by atoms with Crippen LogP contribution >= 0.6 is 0 Å². The zero-order valence-corrected chi connectivity index (χ0v) is 25.2. The topological polar surface area (TPSA) is 119 Å². The number of hydrogen-bond donors (Lipinski definition) is 1. The Morgan fingerprint density at radius 3 is 2.48 bits per heavy atom. The summed E-state index contributed by atoms with van der Waals surface area (Å²) in [4.78, 5) is 57.8. The fourth-order valence-electron chi connectivity index (χ4n) is 4.10. The molecule has 3 rings (SSSR count). The number of nitrogens with one attached hydrogen (secondary N) is 1. The number of rotatable bonds is 10. The molecule has 11 nitrogen and oxygen atoms in total. The first-order valence-electron chi connectivity index (χ1n) is 13.6. The van der Waals surface area contributed by atoms with Crippen LogP contribution in [0.5, 0.6) is 0 Å². The Bertz CT molecular complexity index is 1530. The summed E-state index contributed by atoms with van der Waals surface area (Å²) in [5, 5.41) is 2.59. The first-order chi connectivity index (χ1) is 19.7. The highest BCUT2D eigenvalue weighted by Crippen LogP contribution is 2.24. The van der Waals surface area contributed by atoms with Crippen LogP contribution < -0.4 is 10.9 Å². The lowest BCUT2D eigenvalue weighted by Gasteiger charge is -2.22. The zero-order chi connectivity index (χ0) is 31.2. The van der Waals surface area contributed by atoms with Crippen LogP contribution in [0.4, 0.5) is 14.9 Å². The predicted octanol–water partition coefficient (Wildman–Crippen LogP) is 3.86. The number of amides is 3. The molecule has 0 aliphatic heterocycles. The van der Waals surface area contributed by atoms with Gasteiger partial charge in [-0.25, -0.2) is 14.2 Å². The molecule has 0 bridgehead atoms. The number of ether oxygens (including phenoxy) is 1. The average molecular weight is 583 g/mol. The molecule has 0 radical (unpaired) electrons. The van der Waals surface area contributed by atoms with Gasteiger partial charge in [-0.05, 0) is 48.6 Å². The van der Waals surface area contributed by atoms with Crippen LogP contribution in [0.15, 0.2) is 53.5 Å². The Labute approximate surface area is 244 Å². The highest BCUT2D eigenvalue weighted by molar-refractivity contribution is 5.95. The fraction of sp³-hybridized carbons (Fsp3) is 0.433. The monoisotopic (exact) mass is 582 g/mol. The standard InChI is InChI=1S/C30H39FN6O5/c1-30(2,3)19-37-23-15-14-20(31)17-22(23)32-25(37)18-36-16-10-11-21(28(36)40)33-27(39)24(42-29(41)35(6)7)12-8-9-13-26(38)34(4)5/h9-11,13-17,24H,8,12,18-19H2,1-7H3,(H,33,39). The number of fused-ring (bicyclic) bond motifs is 1. The van der Waals surface area contributed by atoms with Crippen molar-refractivity contribution < 1.29 is 23.5 Å². The average Bonchev–Trinajstić information content (AvgIpc) is 3.21. The van der Waals surface area contributed by atoms with Gasteiger partial charge in [0.05, 0.1) is 17.6 Å². The third-order valence-electron chi connectivity index (χ3n) is 6.21. The van der Waals surface area contributed by atoms with Gasteiger partial charge < -0.3 is 29.0 Å². The predicted molar refractivity (Wildman–Crippen MR) is 159 cm³/mol. The van der Waals surface area contributed by atoms with Crippen LogP contribution in [0.3, 0.4) is 0 Å². The van der Waals surface area contributed by atoms with Gasteiger partial charge in [0.1, 0.15) is 17.3 Å². The van der Waals surface area contributed by atoms with E-state index in [0.29, 0.717) is 17.9 Å². The summed E-state index contributed by atoms with van der Waals surface area (Å²) < 4.78 is 22.7. The number of carbonyl (C=O) groups is 3. The second-order valence-electron chi connectivity index (χ2n) is 11.6. The Morgan fingerprint density at radius 1 is 1.12 bits per heavy atom. The molecule has 42 heavy (non-hydrogen) atoms. The molecule has 0 saturated carbocycles.